The molecule has 0 aromatic heterocycles. The normalized spacial score (nSPS) is 11.4. The van der Waals surface area contributed by atoms with Crippen molar-refractivity contribution in [3.63, 3.8) is 0 Å². The first kappa shape index (κ1) is 13.1. The molecule has 96 valence electrons. The van der Waals surface area contributed by atoms with Crippen molar-refractivity contribution in [1.82, 2.24) is 0 Å². The fourth-order valence-electron chi connectivity index (χ4n) is 1.73. The molecule has 0 bridgehead atoms. The molecule has 3 heteroatoms. The van der Waals surface area contributed by atoms with Gasteiger partial charge in [-0.15, -0.1) is 0 Å². The van der Waals surface area contributed by atoms with E-state index < -0.39 is 0 Å². The van der Waals surface area contributed by atoms with Crippen LogP contribution in [0.1, 0.15) is 24.1 Å². The van der Waals surface area contributed by atoms with E-state index in [1.165, 1.54) is 0 Å². The first-order chi connectivity index (χ1) is 9.29. The summed E-state index contributed by atoms with van der Waals surface area (Å²) in [6, 6.07) is 17.4. The van der Waals surface area contributed by atoms with Gasteiger partial charge in [0.1, 0.15) is 12.4 Å². The van der Waals surface area contributed by atoms with Gasteiger partial charge in [0, 0.05) is 0 Å². The maximum Gasteiger partial charge on any atom is 0.235 e. The van der Waals surface area contributed by atoms with Crippen molar-refractivity contribution in [2.24, 2.45) is 4.99 Å². The third-order valence-corrected chi connectivity index (χ3v) is 2.86. The highest BCUT2D eigenvalue weighted by Gasteiger charge is 2.03. The molecular formula is C16H15NO2. The number of nitrogens with zero attached hydrogens (tertiary/aromatic N) is 1. The van der Waals surface area contributed by atoms with Crippen LogP contribution in [0, 0.1) is 0 Å². The molecule has 0 aliphatic rings. The lowest BCUT2D eigenvalue weighted by molar-refractivity contribution is 0.306. The third-order valence-electron chi connectivity index (χ3n) is 2.86. The standard InChI is InChI=1S/C16H15NO2/c1-13(17-12-18)15-9-7-14(8-10-15)11-19-16-5-3-2-4-6-16/h2-10,13H,11H2,1H3/t13-/m0/s1. The summed E-state index contributed by atoms with van der Waals surface area (Å²) in [6.07, 6.45) is 1.58. The van der Waals surface area contributed by atoms with E-state index in [4.69, 9.17) is 4.74 Å². The largest absolute Gasteiger partial charge is 0.489 e. The number of ether oxygens (including phenoxy) is 1. The van der Waals surface area contributed by atoms with Crippen molar-refractivity contribution in [2.75, 3.05) is 0 Å². The molecule has 3 nitrogen and oxygen atoms in total. The van der Waals surface area contributed by atoms with Crippen molar-refractivity contribution >= 4 is 6.08 Å². The average molecular weight is 253 g/mol. The maximum atomic E-state index is 10.2. The number of benzene rings is 2. The van der Waals surface area contributed by atoms with Crippen molar-refractivity contribution in [2.45, 2.75) is 19.6 Å². The highest BCUT2D eigenvalue weighted by atomic mass is 16.5. The zero-order valence-electron chi connectivity index (χ0n) is 10.7. The number of rotatable bonds is 5. The Kier molecular flexibility index (Phi) is 4.49. The quantitative estimate of drug-likeness (QED) is 0.602. The molecule has 0 saturated carbocycles. The molecule has 0 heterocycles. The second-order valence-corrected chi connectivity index (χ2v) is 4.24. The highest BCUT2D eigenvalue weighted by Crippen LogP contribution is 2.17. The van der Waals surface area contributed by atoms with Gasteiger partial charge >= 0.3 is 0 Å². The molecule has 2 rings (SSSR count). The van der Waals surface area contributed by atoms with Crippen molar-refractivity contribution in [3.8, 4) is 5.75 Å². The van der Waals surface area contributed by atoms with E-state index in [1.807, 2.05) is 61.5 Å². The smallest absolute Gasteiger partial charge is 0.235 e. The van der Waals surface area contributed by atoms with E-state index in [-0.39, 0.29) is 6.04 Å². The van der Waals surface area contributed by atoms with Crippen molar-refractivity contribution in [3.05, 3.63) is 65.7 Å². The van der Waals surface area contributed by atoms with Gasteiger partial charge < -0.3 is 4.74 Å². The fraction of sp³-hybridized carbons (Fsp3) is 0.188. The van der Waals surface area contributed by atoms with Crippen LogP contribution in [0.5, 0.6) is 5.75 Å². The van der Waals surface area contributed by atoms with Crippen LogP contribution in [0.4, 0.5) is 0 Å². The topological polar surface area (TPSA) is 38.7 Å². The molecule has 0 aliphatic heterocycles. The summed E-state index contributed by atoms with van der Waals surface area (Å²) in [6.45, 7) is 2.38. The van der Waals surface area contributed by atoms with Crippen LogP contribution in [0.2, 0.25) is 0 Å². The summed E-state index contributed by atoms with van der Waals surface area (Å²) in [5.74, 6) is 0.852. The van der Waals surface area contributed by atoms with Crippen LogP contribution in [-0.2, 0) is 11.4 Å². The minimum Gasteiger partial charge on any atom is -0.489 e. The average Bonchev–Trinajstić information content (AvgIpc) is 2.47. The molecule has 2 aromatic rings. The number of para-hydroxylation sites is 1. The molecule has 0 aliphatic carbocycles. The Morgan fingerprint density at radius 2 is 1.79 bits per heavy atom. The Labute approximate surface area is 112 Å². The van der Waals surface area contributed by atoms with Gasteiger partial charge in [0.05, 0.1) is 6.04 Å². The summed E-state index contributed by atoms with van der Waals surface area (Å²) in [5, 5.41) is 0. The predicted octanol–water partition coefficient (Wildman–Crippen LogP) is 3.66. The summed E-state index contributed by atoms with van der Waals surface area (Å²) in [4.78, 5) is 13.9. The Balaban J connectivity index is 1.97. The van der Waals surface area contributed by atoms with Crippen LogP contribution >= 0.6 is 0 Å². The van der Waals surface area contributed by atoms with Gasteiger partial charge in [0.2, 0.25) is 6.08 Å². The molecular weight excluding hydrogens is 238 g/mol. The Hall–Kier alpha value is -2.38. The second-order valence-electron chi connectivity index (χ2n) is 4.24. The van der Waals surface area contributed by atoms with Gasteiger partial charge in [-0.05, 0) is 30.2 Å². The molecule has 0 N–H and O–H groups in total. The Morgan fingerprint density at radius 3 is 2.42 bits per heavy atom. The lowest BCUT2D eigenvalue weighted by atomic mass is 10.1. The second kappa shape index (κ2) is 6.53. The molecule has 1 atom stereocenters. The lowest BCUT2D eigenvalue weighted by Gasteiger charge is -2.08. The van der Waals surface area contributed by atoms with E-state index in [0.29, 0.717) is 6.61 Å². The van der Waals surface area contributed by atoms with Gasteiger partial charge in [-0.2, -0.15) is 4.99 Å². The van der Waals surface area contributed by atoms with Crippen molar-refractivity contribution < 1.29 is 9.53 Å². The number of hydrogen-bond acceptors (Lipinski definition) is 3. The van der Waals surface area contributed by atoms with E-state index in [0.717, 1.165) is 16.9 Å². The van der Waals surface area contributed by atoms with Crippen LogP contribution < -0.4 is 4.74 Å². The zero-order chi connectivity index (χ0) is 13.5. The lowest BCUT2D eigenvalue weighted by Crippen LogP contribution is -1.96. The van der Waals surface area contributed by atoms with E-state index >= 15 is 0 Å². The summed E-state index contributed by atoms with van der Waals surface area (Å²) in [7, 11) is 0. The Morgan fingerprint density at radius 1 is 1.11 bits per heavy atom. The molecule has 19 heavy (non-hydrogen) atoms. The summed E-state index contributed by atoms with van der Waals surface area (Å²) >= 11 is 0. The summed E-state index contributed by atoms with van der Waals surface area (Å²) in [5.41, 5.74) is 2.07. The van der Waals surface area contributed by atoms with Crippen LogP contribution in [0.25, 0.3) is 0 Å². The predicted molar refractivity (Wildman–Crippen MR) is 73.8 cm³/mol. The van der Waals surface area contributed by atoms with Gasteiger partial charge in [-0.3, -0.25) is 0 Å². The highest BCUT2D eigenvalue weighted by molar-refractivity contribution is 5.35. The molecule has 0 fully saturated rings. The fourth-order valence-corrected chi connectivity index (χ4v) is 1.73. The molecule has 0 unspecified atom stereocenters. The van der Waals surface area contributed by atoms with E-state index in [9.17, 15) is 4.79 Å². The molecule has 2 aromatic carbocycles. The zero-order valence-corrected chi connectivity index (χ0v) is 10.7. The first-order valence-electron chi connectivity index (χ1n) is 6.13. The van der Waals surface area contributed by atoms with Gasteiger partial charge in [0.15, 0.2) is 0 Å². The summed E-state index contributed by atoms with van der Waals surface area (Å²) < 4.78 is 5.65. The maximum absolute atomic E-state index is 10.2. The molecule has 0 amide bonds. The number of hydrogen-bond donors (Lipinski definition) is 0. The third kappa shape index (κ3) is 3.80. The van der Waals surface area contributed by atoms with E-state index in [1.54, 1.807) is 6.08 Å². The van der Waals surface area contributed by atoms with Crippen LogP contribution in [0.15, 0.2) is 59.6 Å². The molecule has 0 saturated heterocycles. The van der Waals surface area contributed by atoms with Gasteiger partial charge in [0.25, 0.3) is 0 Å². The number of carbonyl (C=O) groups excluding carboxylic acids is 1. The molecule has 0 radical (unpaired) electrons. The number of aliphatic imine (C=N–C) groups is 1. The monoisotopic (exact) mass is 253 g/mol. The molecule has 0 spiro atoms. The number of isocyanates is 1. The minimum atomic E-state index is -0.151. The SMILES string of the molecule is C[C@H](N=C=O)c1ccc(COc2ccccc2)cc1. The van der Waals surface area contributed by atoms with E-state index in [2.05, 4.69) is 4.99 Å². The van der Waals surface area contributed by atoms with Crippen LogP contribution in [-0.4, -0.2) is 6.08 Å². The Bertz CT molecular complexity index is 557. The minimum absolute atomic E-state index is 0.151. The van der Waals surface area contributed by atoms with Crippen LogP contribution in [0.3, 0.4) is 0 Å². The van der Waals surface area contributed by atoms with Gasteiger partial charge in [-0.25, -0.2) is 4.79 Å². The first-order valence-corrected chi connectivity index (χ1v) is 6.13. The van der Waals surface area contributed by atoms with Crippen molar-refractivity contribution in [1.29, 1.82) is 0 Å². The van der Waals surface area contributed by atoms with Gasteiger partial charge in [-0.1, -0.05) is 42.5 Å².